The fourth-order valence-corrected chi connectivity index (χ4v) is 2.10. The number of amides is 1. The van der Waals surface area contributed by atoms with Crippen LogP contribution in [0.4, 0.5) is 5.69 Å². The van der Waals surface area contributed by atoms with E-state index < -0.39 is 0 Å². The van der Waals surface area contributed by atoms with E-state index in [1.807, 2.05) is 20.8 Å². The molecule has 0 spiro atoms. The number of phenols is 1. The first kappa shape index (κ1) is 27.3. The van der Waals surface area contributed by atoms with E-state index in [1.54, 1.807) is 32.3 Å². The van der Waals surface area contributed by atoms with Crippen molar-refractivity contribution in [2.24, 2.45) is 0 Å². The van der Waals surface area contributed by atoms with E-state index in [0.717, 1.165) is 12.2 Å². The Bertz CT molecular complexity index is 677. The molecule has 0 saturated carbocycles. The molecule has 0 fully saturated rings. The maximum atomic E-state index is 12.0. The van der Waals surface area contributed by atoms with E-state index in [4.69, 9.17) is 0 Å². The molecule has 1 amide bonds. The summed E-state index contributed by atoms with van der Waals surface area (Å²) in [5.41, 5.74) is 1.82. The Morgan fingerprint density at radius 3 is 2.14 bits per heavy atom. The van der Waals surface area contributed by atoms with E-state index in [-0.39, 0.29) is 23.0 Å². The zero-order chi connectivity index (χ0) is 22.3. The summed E-state index contributed by atoms with van der Waals surface area (Å²) >= 11 is 0. The minimum Gasteiger partial charge on any atom is -0.505 e. The first-order chi connectivity index (χ1) is 13.4. The number of nitrogens with zero attached hydrogens (tertiary/aromatic N) is 1. The molecule has 6 nitrogen and oxygen atoms in total. The van der Waals surface area contributed by atoms with Crippen molar-refractivity contribution in [3.05, 3.63) is 35.2 Å². The zero-order valence-corrected chi connectivity index (χ0v) is 18.2. The molecule has 1 aromatic rings. The van der Waals surface area contributed by atoms with Gasteiger partial charge in [-0.05, 0) is 19.1 Å². The molecule has 1 aliphatic rings. The Hall–Kier alpha value is -2.94. The number of benzene rings is 1. The number of aromatic hydroxyl groups is 1. The SMILES string of the molecule is C#C.CC.CCC.CCNC1=C(Nc2cccc(C(=O)N(C)C)c2O)C(=O)C1. The summed E-state index contributed by atoms with van der Waals surface area (Å²) in [6, 6.07) is 4.84. The van der Waals surface area contributed by atoms with Crippen LogP contribution in [0.15, 0.2) is 29.6 Å². The average molecular weight is 390 g/mol. The summed E-state index contributed by atoms with van der Waals surface area (Å²) in [5.74, 6) is -0.467. The summed E-state index contributed by atoms with van der Waals surface area (Å²) in [4.78, 5) is 25.0. The molecule has 0 aliphatic heterocycles. The van der Waals surface area contributed by atoms with Gasteiger partial charge in [-0.15, -0.1) is 12.8 Å². The summed E-state index contributed by atoms with van der Waals surface area (Å²) < 4.78 is 0. The summed E-state index contributed by atoms with van der Waals surface area (Å²) in [7, 11) is 3.23. The van der Waals surface area contributed by atoms with E-state index in [2.05, 4.69) is 37.3 Å². The van der Waals surface area contributed by atoms with Crippen molar-refractivity contribution in [3.8, 4) is 18.6 Å². The maximum absolute atomic E-state index is 12.0. The Labute approximate surface area is 170 Å². The highest BCUT2D eigenvalue weighted by Gasteiger charge is 2.28. The second-order valence-corrected chi connectivity index (χ2v) is 5.72. The molecule has 0 aromatic heterocycles. The number of Topliss-reactive ketones (excluding diaryl/α,β-unsaturated/α-hetero) is 1. The van der Waals surface area contributed by atoms with Crippen molar-refractivity contribution in [2.45, 2.75) is 47.5 Å². The van der Waals surface area contributed by atoms with Gasteiger partial charge in [0, 0.05) is 26.3 Å². The molecule has 6 heteroatoms. The monoisotopic (exact) mass is 389 g/mol. The molecule has 0 bridgehead atoms. The van der Waals surface area contributed by atoms with E-state index in [0.29, 0.717) is 17.8 Å². The summed E-state index contributed by atoms with van der Waals surface area (Å²) in [5, 5.41) is 16.2. The highest BCUT2D eigenvalue weighted by molar-refractivity contribution is 6.07. The van der Waals surface area contributed by atoms with Gasteiger partial charge in [0.15, 0.2) is 11.5 Å². The van der Waals surface area contributed by atoms with E-state index >= 15 is 0 Å². The third kappa shape index (κ3) is 7.75. The van der Waals surface area contributed by atoms with Gasteiger partial charge in [-0.2, -0.15) is 0 Å². The van der Waals surface area contributed by atoms with Gasteiger partial charge in [-0.3, -0.25) is 9.59 Å². The number of phenolic OH excluding ortho intramolecular Hbond substituents is 1. The van der Waals surface area contributed by atoms with Gasteiger partial charge in [-0.25, -0.2) is 0 Å². The third-order valence-corrected chi connectivity index (χ3v) is 3.24. The fraction of sp³-hybridized carbons (Fsp3) is 0.455. The smallest absolute Gasteiger partial charge is 0.257 e. The standard InChI is InChI=1S/C15H19N3O3.C3H8.C2H6.C2H2/c1-4-16-11-8-12(19)13(11)17-10-7-5-6-9(14(10)20)15(21)18(2)3;1-3-2;2*1-2/h5-7,16-17,20H,4,8H2,1-3H3;3H2,1-2H3;1-2H3;1-2H. The molecule has 2 rings (SSSR count). The van der Waals surface area contributed by atoms with Gasteiger partial charge in [-0.1, -0.05) is 40.2 Å². The number of terminal acetylenes is 1. The number of carbonyl (C=O) groups excluding carboxylic acids is 2. The molecule has 1 aliphatic carbocycles. The fourth-order valence-electron chi connectivity index (χ4n) is 2.10. The average Bonchev–Trinajstić information content (AvgIpc) is 2.70. The van der Waals surface area contributed by atoms with Crippen LogP contribution in [-0.4, -0.2) is 42.3 Å². The molecule has 3 N–H and O–H groups in total. The van der Waals surface area contributed by atoms with Crippen LogP contribution in [0, 0.1) is 12.8 Å². The van der Waals surface area contributed by atoms with Crippen LogP contribution in [0.25, 0.3) is 0 Å². The largest absolute Gasteiger partial charge is 0.505 e. The molecule has 1 aromatic carbocycles. The van der Waals surface area contributed by atoms with E-state index in [1.165, 1.54) is 11.3 Å². The number of allylic oxidation sites excluding steroid dienone is 2. The second-order valence-electron chi connectivity index (χ2n) is 5.72. The number of para-hydroxylation sites is 1. The van der Waals surface area contributed by atoms with Crippen LogP contribution >= 0.6 is 0 Å². The zero-order valence-electron chi connectivity index (χ0n) is 18.2. The quantitative estimate of drug-likeness (QED) is 0.524. The number of anilines is 1. The number of hydrogen-bond acceptors (Lipinski definition) is 5. The van der Waals surface area contributed by atoms with Gasteiger partial charge in [0.2, 0.25) is 0 Å². The van der Waals surface area contributed by atoms with Gasteiger partial charge in [0.25, 0.3) is 5.91 Å². The number of ketones is 1. The first-order valence-corrected chi connectivity index (χ1v) is 9.51. The minimum atomic E-state index is -0.294. The number of nitrogens with one attached hydrogen (secondary N) is 2. The van der Waals surface area contributed by atoms with Crippen molar-refractivity contribution in [1.29, 1.82) is 0 Å². The molecule has 0 saturated heterocycles. The van der Waals surface area contributed by atoms with Crippen molar-refractivity contribution in [1.82, 2.24) is 10.2 Å². The molecule has 0 atom stereocenters. The Morgan fingerprint density at radius 2 is 1.71 bits per heavy atom. The summed E-state index contributed by atoms with van der Waals surface area (Å²) in [6.07, 6.45) is 9.62. The molecule has 0 heterocycles. The Kier molecular flexibility index (Phi) is 14.8. The number of hydrogen-bond donors (Lipinski definition) is 3. The van der Waals surface area contributed by atoms with Crippen molar-refractivity contribution >= 4 is 17.4 Å². The van der Waals surface area contributed by atoms with Crippen LogP contribution in [0.2, 0.25) is 0 Å². The second kappa shape index (κ2) is 15.2. The highest BCUT2D eigenvalue weighted by Crippen LogP contribution is 2.32. The van der Waals surface area contributed by atoms with Crippen LogP contribution < -0.4 is 10.6 Å². The molecular weight excluding hydrogens is 354 g/mol. The maximum Gasteiger partial charge on any atom is 0.257 e. The van der Waals surface area contributed by atoms with Crippen LogP contribution in [0.3, 0.4) is 0 Å². The van der Waals surface area contributed by atoms with Gasteiger partial charge in [0.1, 0.15) is 5.70 Å². The third-order valence-electron chi connectivity index (χ3n) is 3.24. The predicted molar refractivity (Wildman–Crippen MR) is 117 cm³/mol. The van der Waals surface area contributed by atoms with Crippen molar-refractivity contribution < 1.29 is 14.7 Å². The topological polar surface area (TPSA) is 81.7 Å². The Morgan fingerprint density at radius 1 is 1.18 bits per heavy atom. The number of rotatable bonds is 5. The Balaban J connectivity index is 0. The summed E-state index contributed by atoms with van der Waals surface area (Å²) in [6.45, 7) is 10.9. The molecule has 0 unspecified atom stereocenters. The predicted octanol–water partition coefficient (Wildman–Crippen LogP) is 3.99. The first-order valence-electron chi connectivity index (χ1n) is 9.51. The van der Waals surface area contributed by atoms with Gasteiger partial charge >= 0.3 is 0 Å². The highest BCUT2D eigenvalue weighted by atomic mass is 16.3. The lowest BCUT2D eigenvalue weighted by molar-refractivity contribution is -0.116. The van der Waals surface area contributed by atoms with Crippen LogP contribution in [0.1, 0.15) is 57.8 Å². The van der Waals surface area contributed by atoms with Crippen LogP contribution in [0.5, 0.6) is 5.75 Å². The lowest BCUT2D eigenvalue weighted by atomic mass is 9.98. The molecule has 0 radical (unpaired) electrons. The van der Waals surface area contributed by atoms with Crippen molar-refractivity contribution in [2.75, 3.05) is 26.0 Å². The van der Waals surface area contributed by atoms with Gasteiger partial charge in [0.05, 0.1) is 17.7 Å². The number of carbonyl (C=O) groups is 2. The van der Waals surface area contributed by atoms with E-state index in [9.17, 15) is 14.7 Å². The lowest BCUT2D eigenvalue weighted by Crippen LogP contribution is -2.32. The molecule has 28 heavy (non-hydrogen) atoms. The lowest BCUT2D eigenvalue weighted by Gasteiger charge is -2.25. The van der Waals surface area contributed by atoms with Gasteiger partial charge < -0.3 is 20.6 Å². The molecular formula is C22H35N3O3. The minimum absolute atomic E-state index is 0.0188. The van der Waals surface area contributed by atoms with Crippen LogP contribution in [-0.2, 0) is 4.79 Å². The normalized spacial score (nSPS) is 11.2. The molecule has 156 valence electrons. The van der Waals surface area contributed by atoms with Crippen molar-refractivity contribution in [3.63, 3.8) is 0 Å².